The van der Waals surface area contributed by atoms with Crippen molar-refractivity contribution in [2.24, 2.45) is 0 Å². The Morgan fingerprint density at radius 2 is 2.12 bits per heavy atom. The average Bonchev–Trinajstić information content (AvgIpc) is 3.19. The maximum Gasteiger partial charge on any atom is 0.225 e. The van der Waals surface area contributed by atoms with E-state index in [2.05, 4.69) is 37.8 Å². The van der Waals surface area contributed by atoms with Crippen LogP contribution in [0.5, 0.6) is 0 Å². The Balaban J connectivity index is 1.59. The Hall–Kier alpha value is -2.19. The predicted molar refractivity (Wildman–Crippen MR) is 98.2 cm³/mol. The second-order valence-corrected chi connectivity index (χ2v) is 7.23. The van der Waals surface area contributed by atoms with E-state index in [9.17, 15) is 0 Å². The highest BCUT2D eigenvalue weighted by atomic mass is 32.1. The van der Waals surface area contributed by atoms with Crippen molar-refractivity contribution < 1.29 is 0 Å². The first kappa shape index (κ1) is 15.3. The van der Waals surface area contributed by atoms with Crippen LogP contribution in [0.4, 0.5) is 17.6 Å². The van der Waals surface area contributed by atoms with Gasteiger partial charge in [0.05, 0.1) is 10.2 Å². The lowest BCUT2D eigenvalue weighted by Crippen LogP contribution is -2.37. The molecule has 0 bridgehead atoms. The minimum Gasteiger partial charge on any atom is -0.351 e. The monoisotopic (exact) mass is 343 g/mol. The van der Waals surface area contributed by atoms with Gasteiger partial charge in [0, 0.05) is 17.8 Å². The molecule has 0 atom stereocenters. The molecule has 0 unspecified atom stereocenters. The van der Waals surface area contributed by atoms with Crippen LogP contribution in [0.15, 0.2) is 17.5 Å². The van der Waals surface area contributed by atoms with Crippen molar-refractivity contribution >= 4 is 39.1 Å². The maximum absolute atomic E-state index is 4.70. The zero-order valence-electron chi connectivity index (χ0n) is 13.8. The smallest absolute Gasteiger partial charge is 0.225 e. The second kappa shape index (κ2) is 6.37. The van der Waals surface area contributed by atoms with Crippen molar-refractivity contribution in [2.45, 2.75) is 25.8 Å². The second-order valence-electron chi connectivity index (χ2n) is 6.31. The van der Waals surface area contributed by atoms with E-state index in [4.69, 9.17) is 4.98 Å². The molecule has 3 aromatic rings. The molecule has 0 radical (unpaired) electrons. The summed E-state index contributed by atoms with van der Waals surface area (Å²) < 4.78 is 1.05. The molecule has 0 saturated carbocycles. The van der Waals surface area contributed by atoms with Gasteiger partial charge in [-0.2, -0.15) is 10.1 Å². The molecular weight excluding hydrogens is 322 g/mol. The molecule has 1 fully saturated rings. The number of rotatable bonds is 4. The molecule has 1 aliphatic heterocycles. The van der Waals surface area contributed by atoms with E-state index >= 15 is 0 Å². The van der Waals surface area contributed by atoms with Crippen LogP contribution < -0.4 is 10.6 Å². The topological polar surface area (TPSA) is 81.8 Å². The van der Waals surface area contributed by atoms with Gasteiger partial charge in [0.2, 0.25) is 5.95 Å². The molecule has 3 aromatic heterocycles. The van der Waals surface area contributed by atoms with Crippen molar-refractivity contribution in [3.8, 4) is 0 Å². The molecule has 4 rings (SSSR count). The minimum absolute atomic E-state index is 0.428. The molecule has 24 heavy (non-hydrogen) atoms. The number of anilines is 3. The van der Waals surface area contributed by atoms with Crippen molar-refractivity contribution in [2.75, 3.05) is 30.8 Å². The van der Waals surface area contributed by atoms with Gasteiger partial charge in [0.15, 0.2) is 11.6 Å². The summed E-state index contributed by atoms with van der Waals surface area (Å²) in [5, 5.41) is 16.0. The van der Waals surface area contributed by atoms with Crippen LogP contribution in [-0.2, 0) is 0 Å². The van der Waals surface area contributed by atoms with Crippen molar-refractivity contribution in [1.82, 2.24) is 25.1 Å². The van der Waals surface area contributed by atoms with Gasteiger partial charge in [-0.05, 0) is 51.3 Å². The van der Waals surface area contributed by atoms with E-state index in [1.807, 2.05) is 24.4 Å². The van der Waals surface area contributed by atoms with Crippen LogP contribution in [0.25, 0.3) is 10.2 Å². The average molecular weight is 343 g/mol. The number of aryl methyl sites for hydroxylation is 1. The first-order valence-electron chi connectivity index (χ1n) is 8.17. The lowest BCUT2D eigenvalue weighted by atomic mass is 10.1. The zero-order valence-corrected chi connectivity index (χ0v) is 14.7. The third-order valence-electron chi connectivity index (χ3n) is 4.31. The molecular formula is C16H21N7S. The van der Waals surface area contributed by atoms with Gasteiger partial charge in [-0.15, -0.1) is 11.3 Å². The quantitative estimate of drug-likeness (QED) is 0.676. The molecule has 0 amide bonds. The number of fused-ring (bicyclic) bond motifs is 1. The minimum atomic E-state index is 0.428. The molecule has 0 spiro atoms. The van der Waals surface area contributed by atoms with Gasteiger partial charge in [0.1, 0.15) is 0 Å². The first-order valence-corrected chi connectivity index (χ1v) is 9.05. The zero-order chi connectivity index (χ0) is 16.5. The fourth-order valence-electron chi connectivity index (χ4n) is 2.95. The van der Waals surface area contributed by atoms with Crippen molar-refractivity contribution in [1.29, 1.82) is 0 Å². The highest BCUT2D eigenvalue weighted by Crippen LogP contribution is 2.29. The van der Waals surface area contributed by atoms with Gasteiger partial charge in [-0.1, -0.05) is 0 Å². The fraction of sp³-hybridized carbons (Fsp3) is 0.438. The molecule has 3 N–H and O–H groups in total. The largest absolute Gasteiger partial charge is 0.351 e. The fourth-order valence-corrected chi connectivity index (χ4v) is 3.73. The highest BCUT2D eigenvalue weighted by molar-refractivity contribution is 7.17. The number of piperidine rings is 1. The van der Waals surface area contributed by atoms with E-state index in [0.717, 1.165) is 53.5 Å². The van der Waals surface area contributed by atoms with Crippen LogP contribution in [0.2, 0.25) is 0 Å². The summed E-state index contributed by atoms with van der Waals surface area (Å²) in [6, 6.07) is 4.42. The number of H-pyrrole nitrogens is 1. The van der Waals surface area contributed by atoms with Crippen LogP contribution >= 0.6 is 11.3 Å². The number of thiophene rings is 1. The maximum atomic E-state index is 4.70. The number of hydrogen-bond acceptors (Lipinski definition) is 7. The summed E-state index contributed by atoms with van der Waals surface area (Å²) in [4.78, 5) is 11.7. The van der Waals surface area contributed by atoms with E-state index in [1.54, 1.807) is 11.3 Å². The number of likely N-dealkylation sites (tertiary alicyclic amines) is 1. The van der Waals surface area contributed by atoms with Crippen molar-refractivity contribution in [3.63, 3.8) is 0 Å². The van der Waals surface area contributed by atoms with Gasteiger partial charge in [0.25, 0.3) is 0 Å². The van der Waals surface area contributed by atoms with Gasteiger partial charge in [-0.25, -0.2) is 4.98 Å². The van der Waals surface area contributed by atoms with E-state index in [-0.39, 0.29) is 0 Å². The van der Waals surface area contributed by atoms with E-state index in [0.29, 0.717) is 12.0 Å². The van der Waals surface area contributed by atoms with Crippen LogP contribution in [0.1, 0.15) is 18.5 Å². The third kappa shape index (κ3) is 3.20. The van der Waals surface area contributed by atoms with Crippen LogP contribution in [0, 0.1) is 6.92 Å². The Morgan fingerprint density at radius 1 is 1.29 bits per heavy atom. The summed E-state index contributed by atoms with van der Waals surface area (Å²) in [6.07, 6.45) is 2.23. The van der Waals surface area contributed by atoms with E-state index in [1.165, 1.54) is 0 Å². The SMILES string of the molecule is Cc1cc(Nc2nc(NC3CCN(C)CC3)nc3ccsc23)n[nH]1. The number of hydrogen-bond donors (Lipinski definition) is 3. The Labute approximate surface area is 144 Å². The summed E-state index contributed by atoms with van der Waals surface area (Å²) >= 11 is 1.64. The standard InChI is InChI=1S/C16H21N7S/c1-10-9-13(22-21-10)19-15-14-12(5-8-24-14)18-16(20-15)17-11-3-6-23(2)7-4-11/h5,8-9,11H,3-4,6-7H2,1-2H3,(H3,17,18,19,20,21,22). The Kier molecular flexibility index (Phi) is 4.07. The molecule has 1 saturated heterocycles. The van der Waals surface area contributed by atoms with Crippen molar-refractivity contribution in [3.05, 3.63) is 23.2 Å². The molecule has 126 valence electrons. The summed E-state index contributed by atoms with van der Waals surface area (Å²) in [5.74, 6) is 2.26. The van der Waals surface area contributed by atoms with E-state index < -0.39 is 0 Å². The van der Waals surface area contributed by atoms with Crippen LogP contribution in [-0.4, -0.2) is 51.2 Å². The molecule has 0 aromatic carbocycles. The highest BCUT2D eigenvalue weighted by Gasteiger charge is 2.18. The molecule has 8 heteroatoms. The molecule has 7 nitrogen and oxygen atoms in total. The lowest BCUT2D eigenvalue weighted by Gasteiger charge is -2.29. The van der Waals surface area contributed by atoms with Gasteiger partial charge < -0.3 is 15.5 Å². The normalized spacial score (nSPS) is 16.6. The Morgan fingerprint density at radius 3 is 2.88 bits per heavy atom. The molecule has 0 aliphatic carbocycles. The first-order chi connectivity index (χ1) is 11.7. The predicted octanol–water partition coefficient (Wildman–Crippen LogP) is 2.97. The number of aromatic amines is 1. The van der Waals surface area contributed by atoms with Gasteiger partial charge >= 0.3 is 0 Å². The van der Waals surface area contributed by atoms with Gasteiger partial charge in [-0.3, -0.25) is 5.10 Å². The number of nitrogens with one attached hydrogen (secondary N) is 3. The lowest BCUT2D eigenvalue weighted by molar-refractivity contribution is 0.263. The molecule has 1 aliphatic rings. The molecule has 4 heterocycles. The Bertz CT molecular complexity index is 832. The summed E-state index contributed by atoms with van der Waals surface area (Å²) in [7, 11) is 2.16. The number of nitrogens with zero attached hydrogens (tertiary/aromatic N) is 4. The number of aromatic nitrogens is 4. The van der Waals surface area contributed by atoms with Crippen LogP contribution in [0.3, 0.4) is 0 Å². The summed E-state index contributed by atoms with van der Waals surface area (Å²) in [5.41, 5.74) is 1.97. The summed E-state index contributed by atoms with van der Waals surface area (Å²) in [6.45, 7) is 4.19. The third-order valence-corrected chi connectivity index (χ3v) is 5.22.